The van der Waals surface area contributed by atoms with Crippen LogP contribution in [0.25, 0.3) is 0 Å². The summed E-state index contributed by atoms with van der Waals surface area (Å²) in [5.41, 5.74) is 2.08. The average molecular weight is 253 g/mol. The van der Waals surface area contributed by atoms with E-state index in [1.807, 2.05) is 0 Å². The molecule has 0 aliphatic heterocycles. The lowest BCUT2D eigenvalue weighted by Crippen LogP contribution is -2.58. The fraction of sp³-hybridized carbons (Fsp3) is 0.909. The van der Waals surface area contributed by atoms with Crippen LogP contribution >= 0.6 is 0 Å². The largest absolute Gasteiger partial charge is 0.461 e. The maximum absolute atomic E-state index is 12.5. The predicted octanol–water partition coefficient (Wildman–Crippen LogP) is 2.53. The van der Waals surface area contributed by atoms with Crippen molar-refractivity contribution < 1.29 is 22.7 Å². The van der Waals surface area contributed by atoms with Gasteiger partial charge >= 0.3 is 12.1 Å². The Balaban J connectivity index is 2.58. The molecule has 0 aromatic carbocycles. The van der Waals surface area contributed by atoms with Crippen LogP contribution in [-0.4, -0.2) is 23.8 Å². The van der Waals surface area contributed by atoms with E-state index >= 15 is 0 Å². The van der Waals surface area contributed by atoms with Gasteiger partial charge in [-0.1, -0.05) is 12.8 Å². The van der Waals surface area contributed by atoms with E-state index in [1.165, 1.54) is 0 Å². The molecule has 1 aliphatic carbocycles. The molecule has 100 valence electrons. The lowest BCUT2D eigenvalue weighted by atomic mass is 10.0. The average Bonchev–Trinajstić information content (AvgIpc) is 2.44. The second kappa shape index (κ2) is 5.25. The van der Waals surface area contributed by atoms with E-state index in [9.17, 15) is 18.0 Å². The topological polar surface area (TPSA) is 52.3 Å². The van der Waals surface area contributed by atoms with E-state index in [4.69, 9.17) is 10.5 Å². The fourth-order valence-corrected chi connectivity index (χ4v) is 1.75. The lowest BCUT2D eigenvalue weighted by Gasteiger charge is -2.27. The monoisotopic (exact) mass is 253 g/mol. The number of alkyl halides is 3. The molecule has 1 rings (SSSR count). The summed E-state index contributed by atoms with van der Waals surface area (Å²) in [4.78, 5) is 11.4. The summed E-state index contributed by atoms with van der Waals surface area (Å²) in [7, 11) is 0. The van der Waals surface area contributed by atoms with Crippen LogP contribution in [0.2, 0.25) is 0 Å². The van der Waals surface area contributed by atoms with Gasteiger partial charge in [-0.3, -0.25) is 0 Å². The highest BCUT2D eigenvalue weighted by molar-refractivity contribution is 5.81. The molecule has 0 spiro atoms. The van der Waals surface area contributed by atoms with E-state index in [0.29, 0.717) is 19.8 Å². The minimum absolute atomic E-state index is 0.421. The van der Waals surface area contributed by atoms with Crippen molar-refractivity contribution in [3.8, 4) is 0 Å². The molecule has 2 N–H and O–H groups in total. The normalized spacial score (nSPS) is 22.6. The second-order valence-electron chi connectivity index (χ2n) is 4.72. The van der Waals surface area contributed by atoms with Crippen LogP contribution in [-0.2, 0) is 9.53 Å². The number of esters is 1. The number of nitrogens with two attached hydrogens (primary N) is 1. The zero-order valence-corrected chi connectivity index (χ0v) is 9.85. The Hall–Kier alpha value is -0.780. The van der Waals surface area contributed by atoms with Crippen LogP contribution in [0.3, 0.4) is 0 Å². The number of hydrogen-bond acceptors (Lipinski definition) is 3. The van der Waals surface area contributed by atoms with Gasteiger partial charge in [0.25, 0.3) is 0 Å². The summed E-state index contributed by atoms with van der Waals surface area (Å²) in [6, 6.07) is 0. The molecule has 3 nitrogen and oxygen atoms in total. The predicted molar refractivity (Wildman–Crippen MR) is 56.2 cm³/mol. The highest BCUT2D eigenvalue weighted by Crippen LogP contribution is 2.30. The Morgan fingerprint density at radius 3 is 2.06 bits per heavy atom. The molecule has 0 bridgehead atoms. The standard InChI is InChI=1S/C11H18F3NO2/c1-10(15,11(12,13)14)9(16)17-8-6-4-2-3-5-7-8/h8H,2-7,15H2,1H3. The zero-order chi connectivity index (χ0) is 13.1. The number of ether oxygens (including phenoxy) is 1. The molecule has 0 radical (unpaired) electrons. The first-order valence-electron chi connectivity index (χ1n) is 5.82. The molecule has 1 unspecified atom stereocenters. The van der Waals surface area contributed by atoms with E-state index in [1.54, 1.807) is 0 Å². The van der Waals surface area contributed by atoms with Crippen molar-refractivity contribution in [1.29, 1.82) is 0 Å². The Bertz CT molecular complexity index is 268. The molecule has 0 heterocycles. The molecule has 0 aromatic rings. The molecule has 1 saturated carbocycles. The van der Waals surface area contributed by atoms with Crippen molar-refractivity contribution in [2.75, 3.05) is 0 Å². The molecule has 0 amide bonds. The van der Waals surface area contributed by atoms with Crippen molar-refractivity contribution in [1.82, 2.24) is 0 Å². The van der Waals surface area contributed by atoms with Crippen LogP contribution < -0.4 is 5.73 Å². The third-order valence-corrected chi connectivity index (χ3v) is 3.09. The minimum atomic E-state index is -4.78. The Morgan fingerprint density at radius 1 is 1.18 bits per heavy atom. The van der Waals surface area contributed by atoms with E-state index in [-0.39, 0.29) is 0 Å². The summed E-state index contributed by atoms with van der Waals surface area (Å²) in [6.07, 6.45) is -0.124. The Kier molecular flexibility index (Phi) is 4.41. The van der Waals surface area contributed by atoms with Gasteiger partial charge in [-0.25, -0.2) is 4.79 Å². The highest BCUT2D eigenvalue weighted by atomic mass is 19.4. The molecule has 17 heavy (non-hydrogen) atoms. The summed E-state index contributed by atoms with van der Waals surface area (Å²) in [6.45, 7) is 0.645. The molecular weight excluding hydrogens is 235 g/mol. The maximum atomic E-state index is 12.5. The van der Waals surface area contributed by atoms with Gasteiger partial charge in [0.05, 0.1) is 0 Å². The third kappa shape index (κ3) is 3.59. The van der Waals surface area contributed by atoms with Gasteiger partial charge in [0.15, 0.2) is 0 Å². The first-order valence-corrected chi connectivity index (χ1v) is 5.82. The van der Waals surface area contributed by atoms with Gasteiger partial charge in [0, 0.05) is 0 Å². The van der Waals surface area contributed by atoms with Crippen LogP contribution in [0.15, 0.2) is 0 Å². The fourth-order valence-electron chi connectivity index (χ4n) is 1.75. The quantitative estimate of drug-likeness (QED) is 0.607. The summed E-state index contributed by atoms with van der Waals surface area (Å²) >= 11 is 0. The first-order chi connectivity index (χ1) is 7.75. The SMILES string of the molecule is CC(N)(C(=O)OC1CCCCCC1)C(F)(F)F. The van der Waals surface area contributed by atoms with Gasteiger partial charge in [-0.05, 0) is 32.6 Å². The van der Waals surface area contributed by atoms with E-state index < -0.39 is 23.8 Å². The van der Waals surface area contributed by atoms with Gasteiger partial charge in [-0.2, -0.15) is 13.2 Å². The number of rotatable bonds is 2. The number of carbonyl (C=O) groups is 1. The Labute approximate surface area is 98.5 Å². The van der Waals surface area contributed by atoms with Crippen LogP contribution in [0.1, 0.15) is 45.4 Å². The van der Waals surface area contributed by atoms with Crippen LogP contribution in [0.4, 0.5) is 13.2 Å². The molecule has 1 fully saturated rings. The van der Waals surface area contributed by atoms with E-state index in [2.05, 4.69) is 0 Å². The zero-order valence-electron chi connectivity index (χ0n) is 9.85. The molecule has 6 heteroatoms. The molecule has 0 aromatic heterocycles. The van der Waals surface area contributed by atoms with Crippen molar-refractivity contribution in [3.05, 3.63) is 0 Å². The summed E-state index contributed by atoms with van der Waals surface area (Å²) in [5, 5.41) is 0. The maximum Gasteiger partial charge on any atom is 0.416 e. The number of carbonyl (C=O) groups excluding carboxylic acids is 1. The van der Waals surface area contributed by atoms with Crippen LogP contribution in [0, 0.1) is 0 Å². The summed E-state index contributed by atoms with van der Waals surface area (Å²) in [5.74, 6) is -1.38. The molecule has 1 aliphatic rings. The minimum Gasteiger partial charge on any atom is -0.461 e. The smallest absolute Gasteiger partial charge is 0.416 e. The van der Waals surface area contributed by atoms with Gasteiger partial charge in [0.2, 0.25) is 5.54 Å². The number of hydrogen-bond donors (Lipinski definition) is 1. The molecule has 1 atom stereocenters. The molecular formula is C11H18F3NO2. The Morgan fingerprint density at radius 2 is 1.65 bits per heavy atom. The van der Waals surface area contributed by atoms with Crippen molar-refractivity contribution in [2.45, 2.75) is 63.3 Å². The number of halogens is 3. The summed E-state index contributed by atoms with van der Waals surface area (Å²) < 4.78 is 42.4. The van der Waals surface area contributed by atoms with Gasteiger partial charge in [0.1, 0.15) is 6.10 Å². The van der Waals surface area contributed by atoms with Gasteiger partial charge in [-0.15, -0.1) is 0 Å². The van der Waals surface area contributed by atoms with Crippen molar-refractivity contribution in [2.24, 2.45) is 5.73 Å². The van der Waals surface area contributed by atoms with E-state index in [0.717, 1.165) is 25.7 Å². The van der Waals surface area contributed by atoms with Crippen LogP contribution in [0.5, 0.6) is 0 Å². The lowest BCUT2D eigenvalue weighted by molar-refractivity contribution is -0.205. The van der Waals surface area contributed by atoms with Gasteiger partial charge < -0.3 is 10.5 Å². The first kappa shape index (κ1) is 14.3. The van der Waals surface area contributed by atoms with Crippen molar-refractivity contribution in [3.63, 3.8) is 0 Å². The third-order valence-electron chi connectivity index (χ3n) is 3.09. The highest BCUT2D eigenvalue weighted by Gasteiger charge is 2.55. The van der Waals surface area contributed by atoms with Crippen molar-refractivity contribution >= 4 is 5.97 Å². The molecule has 0 saturated heterocycles. The second-order valence-corrected chi connectivity index (χ2v) is 4.72.